The van der Waals surface area contributed by atoms with Crippen LogP contribution in [0.3, 0.4) is 0 Å². The Kier molecular flexibility index (Phi) is 12.2. The van der Waals surface area contributed by atoms with Gasteiger partial charge in [-0.3, -0.25) is 13.9 Å². The summed E-state index contributed by atoms with van der Waals surface area (Å²) in [5.41, 5.74) is 1.87. The SMILES string of the molecule is CCC(C)NC(=O)C(Cc1ccccc1)N(Cc1ccc(Cl)c(Cl)c1)C(=O)CCCN(c1ccc(F)cc1)S(C)(=O)=O. The van der Waals surface area contributed by atoms with E-state index in [1.807, 2.05) is 44.2 Å². The quantitative estimate of drug-likeness (QED) is 0.227. The molecule has 3 rings (SSSR count). The van der Waals surface area contributed by atoms with Gasteiger partial charge < -0.3 is 10.2 Å². The van der Waals surface area contributed by atoms with Crippen molar-refractivity contribution in [2.45, 2.75) is 58.2 Å². The zero-order valence-electron chi connectivity index (χ0n) is 23.9. The molecule has 2 amide bonds. The second-order valence-corrected chi connectivity index (χ2v) is 12.9. The molecule has 3 aromatic carbocycles. The Balaban J connectivity index is 1.91. The fourth-order valence-electron chi connectivity index (χ4n) is 4.44. The third-order valence-electron chi connectivity index (χ3n) is 6.88. The van der Waals surface area contributed by atoms with E-state index in [-0.39, 0.29) is 50.2 Å². The molecule has 0 fully saturated rings. The van der Waals surface area contributed by atoms with Crippen molar-refractivity contribution in [3.8, 4) is 0 Å². The van der Waals surface area contributed by atoms with Crippen LogP contribution in [0.25, 0.3) is 0 Å². The molecule has 0 spiro atoms. The molecule has 7 nitrogen and oxygen atoms in total. The molecular weight excluding hydrogens is 600 g/mol. The lowest BCUT2D eigenvalue weighted by molar-refractivity contribution is -0.141. The first-order chi connectivity index (χ1) is 19.9. The Morgan fingerprint density at radius 2 is 1.62 bits per heavy atom. The minimum atomic E-state index is -3.70. The highest BCUT2D eigenvalue weighted by molar-refractivity contribution is 7.92. The lowest BCUT2D eigenvalue weighted by Gasteiger charge is -2.33. The number of anilines is 1. The molecule has 2 unspecified atom stereocenters. The van der Waals surface area contributed by atoms with Gasteiger partial charge in [0.2, 0.25) is 21.8 Å². The van der Waals surface area contributed by atoms with Crippen LogP contribution in [0.1, 0.15) is 44.2 Å². The smallest absolute Gasteiger partial charge is 0.243 e. The number of rotatable bonds is 14. The summed E-state index contributed by atoms with van der Waals surface area (Å²) in [6.45, 7) is 3.95. The second kappa shape index (κ2) is 15.4. The van der Waals surface area contributed by atoms with Crippen LogP contribution < -0.4 is 9.62 Å². The van der Waals surface area contributed by atoms with Gasteiger partial charge in [-0.25, -0.2) is 12.8 Å². The number of hydrogen-bond acceptors (Lipinski definition) is 4. The van der Waals surface area contributed by atoms with E-state index >= 15 is 0 Å². The van der Waals surface area contributed by atoms with Gasteiger partial charge in [-0.1, -0.05) is 66.5 Å². The maximum absolute atomic E-state index is 13.9. The third kappa shape index (κ3) is 9.71. The first kappa shape index (κ1) is 33.4. The summed E-state index contributed by atoms with van der Waals surface area (Å²) in [6, 6.07) is 18.7. The second-order valence-electron chi connectivity index (χ2n) is 10.2. The van der Waals surface area contributed by atoms with Crippen molar-refractivity contribution in [3.05, 3.63) is 99.8 Å². The van der Waals surface area contributed by atoms with Crippen molar-refractivity contribution in [2.75, 3.05) is 17.1 Å². The molecule has 0 aromatic heterocycles. The largest absolute Gasteiger partial charge is 0.352 e. The standard InChI is InChI=1S/C31H36Cl2FN3O4S/c1-4-22(2)35-31(39)29(20-23-9-6-5-7-10-23)36(21-24-12-17-27(32)28(33)19-24)30(38)11-8-18-37(42(3,40)41)26-15-13-25(34)14-16-26/h5-7,9-10,12-17,19,22,29H,4,8,11,18,20-21H2,1-3H3,(H,35,39). The van der Waals surface area contributed by atoms with Crippen molar-refractivity contribution in [1.29, 1.82) is 0 Å². The number of nitrogens with zero attached hydrogens (tertiary/aromatic N) is 2. The molecule has 0 aliphatic heterocycles. The van der Waals surface area contributed by atoms with Crippen LogP contribution in [-0.2, 0) is 32.6 Å². The average molecular weight is 637 g/mol. The van der Waals surface area contributed by atoms with E-state index in [2.05, 4.69) is 5.32 Å². The Bertz CT molecular complexity index is 1460. The van der Waals surface area contributed by atoms with Gasteiger partial charge in [0.25, 0.3) is 0 Å². The highest BCUT2D eigenvalue weighted by Gasteiger charge is 2.31. The lowest BCUT2D eigenvalue weighted by atomic mass is 10.0. The molecule has 0 radical (unpaired) electrons. The molecule has 42 heavy (non-hydrogen) atoms. The van der Waals surface area contributed by atoms with Crippen LogP contribution in [0.2, 0.25) is 10.0 Å². The molecule has 0 saturated heterocycles. The normalized spacial score (nSPS) is 12.8. The first-order valence-corrected chi connectivity index (χ1v) is 16.3. The summed E-state index contributed by atoms with van der Waals surface area (Å²) in [4.78, 5) is 29.0. The van der Waals surface area contributed by atoms with Gasteiger partial charge in [-0.2, -0.15) is 0 Å². The number of nitrogens with one attached hydrogen (secondary N) is 1. The molecule has 1 N–H and O–H groups in total. The van der Waals surface area contributed by atoms with Crippen LogP contribution in [0.4, 0.5) is 10.1 Å². The van der Waals surface area contributed by atoms with Gasteiger partial charge in [0.05, 0.1) is 22.0 Å². The lowest BCUT2D eigenvalue weighted by Crippen LogP contribution is -2.52. The van der Waals surface area contributed by atoms with Crippen LogP contribution in [-0.4, -0.2) is 50.0 Å². The summed E-state index contributed by atoms with van der Waals surface area (Å²) < 4.78 is 39.6. The van der Waals surface area contributed by atoms with Gasteiger partial charge in [0.1, 0.15) is 11.9 Å². The van der Waals surface area contributed by atoms with Crippen LogP contribution in [0.5, 0.6) is 0 Å². The van der Waals surface area contributed by atoms with Gasteiger partial charge in [-0.05, 0) is 67.3 Å². The predicted molar refractivity (Wildman–Crippen MR) is 167 cm³/mol. The van der Waals surface area contributed by atoms with Gasteiger partial charge in [0, 0.05) is 32.0 Å². The van der Waals surface area contributed by atoms with Crippen molar-refractivity contribution in [3.63, 3.8) is 0 Å². The molecule has 0 bridgehead atoms. The van der Waals surface area contributed by atoms with E-state index < -0.39 is 21.9 Å². The number of halogens is 3. The van der Waals surface area contributed by atoms with E-state index in [0.29, 0.717) is 21.3 Å². The van der Waals surface area contributed by atoms with E-state index in [9.17, 15) is 22.4 Å². The number of sulfonamides is 1. The average Bonchev–Trinajstić information content (AvgIpc) is 2.95. The van der Waals surface area contributed by atoms with E-state index in [0.717, 1.165) is 22.5 Å². The Morgan fingerprint density at radius 3 is 2.21 bits per heavy atom. The molecule has 226 valence electrons. The van der Waals surface area contributed by atoms with Crippen LogP contribution >= 0.6 is 23.2 Å². The highest BCUT2D eigenvalue weighted by atomic mass is 35.5. The number of carbonyl (C=O) groups excluding carboxylic acids is 2. The molecule has 11 heteroatoms. The zero-order valence-corrected chi connectivity index (χ0v) is 26.2. The Labute approximate surface area is 257 Å². The zero-order chi connectivity index (χ0) is 30.9. The Morgan fingerprint density at radius 1 is 0.952 bits per heavy atom. The Hall–Kier alpha value is -3.14. The van der Waals surface area contributed by atoms with Crippen molar-refractivity contribution < 1.29 is 22.4 Å². The molecule has 2 atom stereocenters. The van der Waals surface area contributed by atoms with Crippen molar-refractivity contribution in [1.82, 2.24) is 10.2 Å². The van der Waals surface area contributed by atoms with Gasteiger partial charge in [-0.15, -0.1) is 0 Å². The number of amides is 2. The van der Waals surface area contributed by atoms with E-state index in [1.54, 1.807) is 18.2 Å². The van der Waals surface area contributed by atoms with Crippen LogP contribution in [0, 0.1) is 5.82 Å². The summed E-state index contributed by atoms with van der Waals surface area (Å²) in [7, 11) is -3.70. The van der Waals surface area contributed by atoms with Crippen molar-refractivity contribution >= 4 is 50.7 Å². The van der Waals surface area contributed by atoms with Crippen LogP contribution in [0.15, 0.2) is 72.8 Å². The maximum Gasteiger partial charge on any atom is 0.243 e. The molecule has 3 aromatic rings. The number of benzene rings is 3. The molecule has 0 saturated carbocycles. The van der Waals surface area contributed by atoms with E-state index in [4.69, 9.17) is 23.2 Å². The third-order valence-corrected chi connectivity index (χ3v) is 8.81. The maximum atomic E-state index is 13.9. The molecule has 0 aliphatic rings. The number of carbonyl (C=O) groups is 2. The topological polar surface area (TPSA) is 86.8 Å². The predicted octanol–water partition coefficient (Wildman–Crippen LogP) is 6.23. The minimum Gasteiger partial charge on any atom is -0.352 e. The molecular formula is C31H36Cl2FN3O4S. The summed E-state index contributed by atoms with van der Waals surface area (Å²) in [5, 5.41) is 3.71. The summed E-state index contributed by atoms with van der Waals surface area (Å²) >= 11 is 12.4. The van der Waals surface area contributed by atoms with Crippen molar-refractivity contribution in [2.24, 2.45) is 0 Å². The highest BCUT2D eigenvalue weighted by Crippen LogP contribution is 2.25. The van der Waals surface area contributed by atoms with E-state index in [1.165, 1.54) is 29.2 Å². The fourth-order valence-corrected chi connectivity index (χ4v) is 5.73. The fraction of sp³-hybridized carbons (Fsp3) is 0.355. The summed E-state index contributed by atoms with van der Waals surface area (Å²) in [5.74, 6) is -1.10. The minimum absolute atomic E-state index is 0.000758. The molecule has 0 heterocycles. The molecule has 0 aliphatic carbocycles. The summed E-state index contributed by atoms with van der Waals surface area (Å²) in [6.07, 6.45) is 2.20. The monoisotopic (exact) mass is 635 g/mol. The van der Waals surface area contributed by atoms with Gasteiger partial charge in [0.15, 0.2) is 0 Å². The van der Waals surface area contributed by atoms with Gasteiger partial charge >= 0.3 is 0 Å². The first-order valence-electron chi connectivity index (χ1n) is 13.7. The number of hydrogen-bond donors (Lipinski definition) is 1.